The topological polar surface area (TPSA) is 79.4 Å². The maximum Gasteiger partial charge on any atom is 0.265 e. The number of aromatic nitrogens is 1. The molecule has 162 valence electrons. The molecule has 8 heteroatoms. The Kier molecular flexibility index (Phi) is 5.87. The maximum atomic E-state index is 13.7. The molecule has 0 aliphatic carbocycles. The van der Waals surface area contributed by atoms with E-state index in [0.717, 1.165) is 22.0 Å². The summed E-state index contributed by atoms with van der Waals surface area (Å²) in [6, 6.07) is 18.6. The van der Waals surface area contributed by atoms with Gasteiger partial charge in [0.15, 0.2) is 0 Å². The van der Waals surface area contributed by atoms with Crippen molar-refractivity contribution >= 4 is 38.1 Å². The molecule has 4 aromatic rings. The van der Waals surface area contributed by atoms with E-state index >= 15 is 0 Å². The summed E-state index contributed by atoms with van der Waals surface area (Å²) in [5.74, 6) is -1.03. The zero-order valence-corrected chi connectivity index (χ0v) is 18.0. The fourth-order valence-electron chi connectivity index (χ4n) is 3.33. The van der Waals surface area contributed by atoms with Gasteiger partial charge in [-0.25, -0.2) is 12.8 Å². The molecule has 0 saturated heterocycles. The number of hydrogen-bond donors (Lipinski definition) is 1. The van der Waals surface area contributed by atoms with E-state index < -0.39 is 28.3 Å². The number of anilines is 2. The van der Waals surface area contributed by atoms with Crippen molar-refractivity contribution in [3.63, 3.8) is 0 Å². The van der Waals surface area contributed by atoms with Crippen LogP contribution in [0.1, 0.15) is 5.56 Å². The summed E-state index contributed by atoms with van der Waals surface area (Å²) in [5.41, 5.74) is 1.76. The molecule has 0 unspecified atom stereocenters. The third-order valence-electron chi connectivity index (χ3n) is 4.95. The number of carbonyl (C=O) groups excluding carboxylic acids is 1. The highest BCUT2D eigenvalue weighted by Crippen LogP contribution is 2.29. The van der Waals surface area contributed by atoms with Crippen molar-refractivity contribution in [3.8, 4) is 0 Å². The molecular formula is C24H20FN3O3S. The van der Waals surface area contributed by atoms with Crippen LogP contribution in [0.15, 0.2) is 90.1 Å². The van der Waals surface area contributed by atoms with Crippen LogP contribution in [-0.2, 0) is 14.8 Å². The Morgan fingerprint density at radius 2 is 1.72 bits per heavy atom. The van der Waals surface area contributed by atoms with Gasteiger partial charge in [0.25, 0.3) is 10.0 Å². The Hall–Kier alpha value is -3.78. The molecule has 6 nitrogen and oxygen atoms in total. The standard InChI is InChI=1S/C24H20FN3O3S/c1-17-5-9-20(10-6-17)27-24(29)16-28(21-11-7-19(25)8-12-21)32(30,31)23-4-2-3-18-15-26-14-13-22(18)23/h2-15H,16H2,1H3,(H,27,29). The van der Waals surface area contributed by atoms with Crippen LogP contribution in [0, 0.1) is 12.7 Å². The predicted octanol–water partition coefficient (Wildman–Crippen LogP) is 4.52. The monoisotopic (exact) mass is 449 g/mol. The summed E-state index contributed by atoms with van der Waals surface area (Å²) in [4.78, 5) is 16.9. The summed E-state index contributed by atoms with van der Waals surface area (Å²) >= 11 is 0. The van der Waals surface area contributed by atoms with Crippen molar-refractivity contribution in [1.29, 1.82) is 0 Å². The van der Waals surface area contributed by atoms with Crippen molar-refractivity contribution < 1.29 is 17.6 Å². The van der Waals surface area contributed by atoms with Gasteiger partial charge in [-0.3, -0.25) is 14.1 Å². The van der Waals surface area contributed by atoms with E-state index in [4.69, 9.17) is 0 Å². The number of carbonyl (C=O) groups is 1. The SMILES string of the molecule is Cc1ccc(NC(=O)CN(c2ccc(F)cc2)S(=O)(=O)c2cccc3cnccc23)cc1. The predicted molar refractivity (Wildman–Crippen MR) is 122 cm³/mol. The Labute approximate surface area is 185 Å². The lowest BCUT2D eigenvalue weighted by Crippen LogP contribution is -2.38. The van der Waals surface area contributed by atoms with Crippen molar-refractivity contribution in [3.05, 3.63) is 96.6 Å². The van der Waals surface area contributed by atoms with Gasteiger partial charge >= 0.3 is 0 Å². The summed E-state index contributed by atoms with van der Waals surface area (Å²) in [6.07, 6.45) is 3.08. The Morgan fingerprint density at radius 3 is 2.44 bits per heavy atom. The zero-order valence-electron chi connectivity index (χ0n) is 17.2. The summed E-state index contributed by atoms with van der Waals surface area (Å²) in [5, 5.41) is 3.84. The van der Waals surface area contributed by atoms with E-state index in [2.05, 4.69) is 10.3 Å². The highest BCUT2D eigenvalue weighted by molar-refractivity contribution is 7.93. The third-order valence-corrected chi connectivity index (χ3v) is 6.78. The fraction of sp³-hybridized carbons (Fsp3) is 0.0833. The van der Waals surface area contributed by atoms with Crippen LogP contribution in [0.2, 0.25) is 0 Å². The molecule has 0 saturated carbocycles. The number of aryl methyl sites for hydroxylation is 1. The third kappa shape index (κ3) is 4.45. The van der Waals surface area contributed by atoms with E-state index in [-0.39, 0.29) is 10.6 Å². The number of fused-ring (bicyclic) bond motifs is 1. The largest absolute Gasteiger partial charge is 0.325 e. The first-order chi connectivity index (χ1) is 15.3. The fourth-order valence-corrected chi connectivity index (χ4v) is 4.96. The summed E-state index contributed by atoms with van der Waals surface area (Å²) in [6.45, 7) is 1.44. The van der Waals surface area contributed by atoms with Gasteiger partial charge in [-0.15, -0.1) is 0 Å². The first-order valence-corrected chi connectivity index (χ1v) is 11.3. The molecular weight excluding hydrogens is 429 g/mol. The van der Waals surface area contributed by atoms with Gasteiger partial charge in [0.1, 0.15) is 12.4 Å². The average molecular weight is 450 g/mol. The first kappa shape index (κ1) is 21.5. The lowest BCUT2D eigenvalue weighted by Gasteiger charge is -2.25. The number of halogens is 1. The van der Waals surface area contributed by atoms with Crippen LogP contribution in [-0.4, -0.2) is 25.9 Å². The molecule has 1 heterocycles. The number of rotatable bonds is 6. The maximum absolute atomic E-state index is 13.7. The molecule has 0 radical (unpaired) electrons. The summed E-state index contributed by atoms with van der Waals surface area (Å²) < 4.78 is 41.9. The molecule has 1 aromatic heterocycles. The van der Waals surface area contributed by atoms with Crippen molar-refractivity contribution in [2.75, 3.05) is 16.2 Å². The molecule has 0 spiro atoms. The van der Waals surface area contributed by atoms with E-state index in [1.54, 1.807) is 36.5 Å². The molecule has 0 bridgehead atoms. The van der Waals surface area contributed by atoms with E-state index in [0.29, 0.717) is 16.5 Å². The molecule has 32 heavy (non-hydrogen) atoms. The molecule has 0 fully saturated rings. The van der Waals surface area contributed by atoms with Gasteiger partial charge in [0.05, 0.1) is 10.6 Å². The van der Waals surface area contributed by atoms with Crippen LogP contribution < -0.4 is 9.62 Å². The van der Waals surface area contributed by atoms with Gasteiger partial charge < -0.3 is 5.32 Å². The molecule has 3 aromatic carbocycles. The van der Waals surface area contributed by atoms with Crippen LogP contribution >= 0.6 is 0 Å². The second kappa shape index (κ2) is 8.76. The molecule has 0 aliphatic rings. The number of sulfonamides is 1. The number of nitrogens with zero attached hydrogens (tertiary/aromatic N) is 2. The number of amides is 1. The summed E-state index contributed by atoms with van der Waals surface area (Å²) in [7, 11) is -4.17. The molecule has 1 N–H and O–H groups in total. The highest BCUT2D eigenvalue weighted by Gasteiger charge is 2.29. The van der Waals surface area contributed by atoms with Crippen molar-refractivity contribution in [2.24, 2.45) is 0 Å². The van der Waals surface area contributed by atoms with Crippen LogP contribution in [0.3, 0.4) is 0 Å². The highest BCUT2D eigenvalue weighted by atomic mass is 32.2. The molecule has 0 aliphatic heterocycles. The Bertz CT molecular complexity index is 1370. The van der Waals surface area contributed by atoms with Crippen LogP contribution in [0.5, 0.6) is 0 Å². The second-order valence-electron chi connectivity index (χ2n) is 7.26. The minimum atomic E-state index is -4.17. The lowest BCUT2D eigenvalue weighted by atomic mass is 10.2. The number of hydrogen-bond acceptors (Lipinski definition) is 4. The van der Waals surface area contributed by atoms with E-state index in [1.165, 1.54) is 24.4 Å². The lowest BCUT2D eigenvalue weighted by molar-refractivity contribution is -0.114. The zero-order chi connectivity index (χ0) is 22.7. The quantitative estimate of drug-likeness (QED) is 0.470. The normalized spacial score (nSPS) is 11.3. The Balaban J connectivity index is 1.74. The Morgan fingerprint density at radius 1 is 1.00 bits per heavy atom. The van der Waals surface area contributed by atoms with Crippen LogP contribution in [0.4, 0.5) is 15.8 Å². The number of benzene rings is 3. The number of nitrogens with one attached hydrogen (secondary N) is 1. The minimum Gasteiger partial charge on any atom is -0.325 e. The van der Waals surface area contributed by atoms with Crippen molar-refractivity contribution in [1.82, 2.24) is 4.98 Å². The van der Waals surface area contributed by atoms with Gasteiger partial charge in [0.2, 0.25) is 5.91 Å². The average Bonchev–Trinajstić information content (AvgIpc) is 2.79. The molecule has 0 atom stereocenters. The van der Waals surface area contributed by atoms with E-state index in [9.17, 15) is 17.6 Å². The number of pyridine rings is 1. The molecule has 4 rings (SSSR count). The van der Waals surface area contributed by atoms with Gasteiger partial charge in [-0.2, -0.15) is 0 Å². The van der Waals surface area contributed by atoms with Crippen molar-refractivity contribution in [2.45, 2.75) is 11.8 Å². The molecule has 1 amide bonds. The van der Waals surface area contributed by atoms with Gasteiger partial charge in [0, 0.05) is 28.9 Å². The van der Waals surface area contributed by atoms with Gasteiger partial charge in [-0.05, 0) is 55.5 Å². The van der Waals surface area contributed by atoms with Crippen LogP contribution in [0.25, 0.3) is 10.8 Å². The first-order valence-electron chi connectivity index (χ1n) is 9.82. The van der Waals surface area contributed by atoms with Gasteiger partial charge in [-0.1, -0.05) is 29.8 Å². The minimum absolute atomic E-state index is 0.0323. The second-order valence-corrected chi connectivity index (χ2v) is 9.09. The smallest absolute Gasteiger partial charge is 0.265 e. The van der Waals surface area contributed by atoms with E-state index in [1.807, 2.05) is 19.1 Å².